The van der Waals surface area contributed by atoms with Gasteiger partial charge in [-0.1, -0.05) is 6.42 Å². The Morgan fingerprint density at radius 2 is 1.91 bits per heavy atom. The largest absolute Gasteiger partial charge is 0.360 e. The zero-order chi connectivity index (χ0) is 15.6. The number of rotatable bonds is 3. The average Bonchev–Trinajstić information content (AvgIpc) is 3.32. The van der Waals surface area contributed by atoms with Crippen LogP contribution in [0.1, 0.15) is 37.9 Å². The highest BCUT2D eigenvalue weighted by atomic mass is 32.1. The molecule has 1 aliphatic carbocycles. The van der Waals surface area contributed by atoms with Crippen molar-refractivity contribution in [2.45, 2.75) is 51.1 Å². The number of aryl methyl sites for hydroxylation is 1. The highest BCUT2D eigenvalue weighted by molar-refractivity contribution is 7.80. The molecule has 2 aliphatic rings. The molecule has 4 rings (SSSR count). The third-order valence-electron chi connectivity index (χ3n) is 4.42. The minimum absolute atomic E-state index is 0.570. The summed E-state index contributed by atoms with van der Waals surface area (Å²) in [5.74, 6) is 2.10. The van der Waals surface area contributed by atoms with E-state index in [1.807, 2.05) is 0 Å². The van der Waals surface area contributed by atoms with E-state index in [1.165, 1.54) is 32.1 Å². The molecular weight excluding hydrogens is 306 g/mol. The Labute approximate surface area is 141 Å². The Balaban J connectivity index is 1.49. The van der Waals surface area contributed by atoms with Crippen molar-refractivity contribution < 1.29 is 0 Å². The van der Waals surface area contributed by atoms with Crippen molar-refractivity contribution in [2.75, 3.05) is 5.32 Å². The minimum atomic E-state index is 0.570. The molecule has 1 aromatic heterocycles. The molecule has 2 aromatic rings. The molecule has 120 valence electrons. The molecule has 5 nitrogen and oxygen atoms in total. The molecule has 6 heteroatoms. The molecule has 0 saturated heterocycles. The van der Waals surface area contributed by atoms with Crippen molar-refractivity contribution in [3.63, 3.8) is 0 Å². The number of aromatic nitrogens is 3. The predicted molar refractivity (Wildman–Crippen MR) is 95.4 cm³/mol. The summed E-state index contributed by atoms with van der Waals surface area (Å²) in [4.78, 5) is 0. The van der Waals surface area contributed by atoms with Crippen molar-refractivity contribution in [1.82, 2.24) is 20.1 Å². The van der Waals surface area contributed by atoms with E-state index < -0.39 is 0 Å². The molecule has 2 N–H and O–H groups in total. The zero-order valence-corrected chi connectivity index (χ0v) is 13.9. The molecule has 0 radical (unpaired) electrons. The summed E-state index contributed by atoms with van der Waals surface area (Å²) in [6, 6.07) is 8.85. The maximum atomic E-state index is 5.31. The van der Waals surface area contributed by atoms with Crippen LogP contribution in [0.4, 0.5) is 5.69 Å². The lowest BCUT2D eigenvalue weighted by atomic mass is 10.2. The van der Waals surface area contributed by atoms with Crippen molar-refractivity contribution in [1.29, 1.82) is 0 Å². The average molecular weight is 327 g/mol. The van der Waals surface area contributed by atoms with Gasteiger partial charge in [-0.25, -0.2) is 0 Å². The fourth-order valence-corrected chi connectivity index (χ4v) is 3.27. The van der Waals surface area contributed by atoms with Crippen LogP contribution in [0.15, 0.2) is 24.3 Å². The third-order valence-corrected chi connectivity index (χ3v) is 4.64. The summed E-state index contributed by atoms with van der Waals surface area (Å²) >= 11 is 5.31. The van der Waals surface area contributed by atoms with Gasteiger partial charge in [0.15, 0.2) is 10.9 Å². The Morgan fingerprint density at radius 3 is 2.70 bits per heavy atom. The first kappa shape index (κ1) is 14.6. The van der Waals surface area contributed by atoms with Crippen LogP contribution in [0.2, 0.25) is 0 Å². The van der Waals surface area contributed by atoms with Gasteiger partial charge in [-0.3, -0.25) is 0 Å². The van der Waals surface area contributed by atoms with E-state index in [0.29, 0.717) is 11.2 Å². The van der Waals surface area contributed by atoms with Gasteiger partial charge in [0.25, 0.3) is 0 Å². The summed E-state index contributed by atoms with van der Waals surface area (Å²) in [6.07, 6.45) is 7.17. The van der Waals surface area contributed by atoms with E-state index in [9.17, 15) is 0 Å². The van der Waals surface area contributed by atoms with Crippen LogP contribution in [0.3, 0.4) is 0 Å². The van der Waals surface area contributed by atoms with E-state index in [4.69, 9.17) is 12.2 Å². The zero-order valence-electron chi connectivity index (χ0n) is 13.1. The highest BCUT2D eigenvalue weighted by Gasteiger charge is 2.21. The topological polar surface area (TPSA) is 54.8 Å². The quantitative estimate of drug-likeness (QED) is 0.848. The summed E-state index contributed by atoms with van der Waals surface area (Å²) in [6.45, 7) is 1.02. The van der Waals surface area contributed by atoms with Crippen LogP contribution < -0.4 is 10.6 Å². The van der Waals surface area contributed by atoms with Gasteiger partial charge >= 0.3 is 0 Å². The number of hydrogen-bond donors (Lipinski definition) is 2. The molecule has 1 aliphatic heterocycles. The first-order valence-electron chi connectivity index (χ1n) is 8.39. The van der Waals surface area contributed by atoms with Gasteiger partial charge in [-0.15, -0.1) is 10.2 Å². The molecule has 0 amide bonds. The summed E-state index contributed by atoms with van der Waals surface area (Å²) in [5.41, 5.74) is 2.11. The van der Waals surface area contributed by atoms with Crippen LogP contribution >= 0.6 is 12.2 Å². The Morgan fingerprint density at radius 1 is 1.09 bits per heavy atom. The van der Waals surface area contributed by atoms with Crippen LogP contribution in [0.5, 0.6) is 0 Å². The standard InChI is InChI=1S/C17H21N5S/c23-17(19-14-9-10-14)18-13-7-5-12(6-8-13)16-21-20-15-4-2-1-3-11-22(15)16/h5-8,14H,1-4,9-11H2,(H2,18,19,23). The molecule has 0 spiro atoms. The number of anilines is 1. The molecule has 1 saturated carbocycles. The van der Waals surface area contributed by atoms with E-state index >= 15 is 0 Å². The normalized spacial score (nSPS) is 17.2. The molecule has 1 aromatic carbocycles. The molecule has 2 heterocycles. The smallest absolute Gasteiger partial charge is 0.170 e. The van der Waals surface area contributed by atoms with E-state index in [-0.39, 0.29) is 0 Å². The fraction of sp³-hybridized carbons (Fsp3) is 0.471. The van der Waals surface area contributed by atoms with E-state index in [2.05, 4.69) is 49.7 Å². The second kappa shape index (κ2) is 6.28. The highest BCUT2D eigenvalue weighted by Crippen LogP contribution is 2.24. The van der Waals surface area contributed by atoms with Crippen LogP contribution in [-0.4, -0.2) is 25.9 Å². The molecular formula is C17H21N5S. The first-order chi connectivity index (χ1) is 11.3. The van der Waals surface area contributed by atoms with Crippen LogP contribution in [0.25, 0.3) is 11.4 Å². The molecule has 23 heavy (non-hydrogen) atoms. The van der Waals surface area contributed by atoms with Crippen LogP contribution in [0, 0.1) is 0 Å². The van der Waals surface area contributed by atoms with E-state index in [0.717, 1.165) is 35.9 Å². The van der Waals surface area contributed by atoms with Crippen LogP contribution in [-0.2, 0) is 13.0 Å². The lowest BCUT2D eigenvalue weighted by Gasteiger charge is -2.11. The summed E-state index contributed by atoms with van der Waals surface area (Å²) < 4.78 is 2.27. The summed E-state index contributed by atoms with van der Waals surface area (Å²) in [5, 5.41) is 16.0. The number of hydrogen-bond acceptors (Lipinski definition) is 3. The Bertz CT molecular complexity index is 702. The van der Waals surface area contributed by atoms with Crippen molar-refractivity contribution in [2.24, 2.45) is 0 Å². The van der Waals surface area contributed by atoms with Gasteiger partial charge in [0, 0.05) is 30.3 Å². The monoisotopic (exact) mass is 327 g/mol. The maximum absolute atomic E-state index is 5.31. The van der Waals surface area contributed by atoms with Gasteiger partial charge in [0.05, 0.1) is 0 Å². The molecule has 0 unspecified atom stereocenters. The number of benzene rings is 1. The molecule has 0 atom stereocenters. The van der Waals surface area contributed by atoms with Gasteiger partial charge in [-0.05, 0) is 62.2 Å². The Hall–Kier alpha value is -1.95. The predicted octanol–water partition coefficient (Wildman–Crippen LogP) is 3.12. The molecule has 1 fully saturated rings. The lowest BCUT2D eigenvalue weighted by molar-refractivity contribution is 0.636. The van der Waals surface area contributed by atoms with E-state index in [1.54, 1.807) is 0 Å². The second-order valence-corrected chi connectivity index (χ2v) is 6.76. The Kier molecular flexibility index (Phi) is 3.99. The van der Waals surface area contributed by atoms with Gasteiger partial charge in [0.2, 0.25) is 0 Å². The first-order valence-corrected chi connectivity index (χ1v) is 8.80. The van der Waals surface area contributed by atoms with Gasteiger partial charge < -0.3 is 15.2 Å². The number of nitrogens with zero attached hydrogens (tertiary/aromatic N) is 3. The van der Waals surface area contributed by atoms with Crippen molar-refractivity contribution >= 4 is 23.0 Å². The third kappa shape index (κ3) is 3.37. The lowest BCUT2D eigenvalue weighted by Crippen LogP contribution is -2.30. The minimum Gasteiger partial charge on any atom is -0.360 e. The molecule has 0 bridgehead atoms. The van der Waals surface area contributed by atoms with Crippen molar-refractivity contribution in [3.8, 4) is 11.4 Å². The van der Waals surface area contributed by atoms with Crippen molar-refractivity contribution in [3.05, 3.63) is 30.1 Å². The van der Waals surface area contributed by atoms with Gasteiger partial charge in [-0.2, -0.15) is 0 Å². The summed E-state index contributed by atoms with van der Waals surface area (Å²) in [7, 11) is 0. The second-order valence-electron chi connectivity index (χ2n) is 6.35. The number of nitrogens with one attached hydrogen (secondary N) is 2. The SMILES string of the molecule is S=C(Nc1ccc(-c2nnc3n2CCCCC3)cc1)NC1CC1. The fourth-order valence-electron chi connectivity index (χ4n) is 2.98. The maximum Gasteiger partial charge on any atom is 0.170 e. The number of fused-ring (bicyclic) bond motifs is 1. The number of thiocarbonyl (C=S) groups is 1. The van der Waals surface area contributed by atoms with Gasteiger partial charge in [0.1, 0.15) is 5.82 Å².